The van der Waals surface area contributed by atoms with Crippen molar-refractivity contribution < 1.29 is 0 Å². The lowest BCUT2D eigenvalue weighted by molar-refractivity contribution is 0.350. The van der Waals surface area contributed by atoms with Crippen LogP contribution in [0.4, 0.5) is 0 Å². The van der Waals surface area contributed by atoms with E-state index in [0.29, 0.717) is 0 Å². The molecule has 0 radical (unpaired) electrons. The zero-order chi connectivity index (χ0) is 8.97. The highest BCUT2D eigenvalue weighted by molar-refractivity contribution is 4.97. The van der Waals surface area contributed by atoms with E-state index in [4.69, 9.17) is 5.73 Å². The Hall–Kier alpha value is -0.340. The van der Waals surface area contributed by atoms with E-state index in [1.807, 2.05) is 0 Å². The second-order valence-corrected chi connectivity index (χ2v) is 3.73. The van der Waals surface area contributed by atoms with Crippen LogP contribution >= 0.6 is 0 Å². The van der Waals surface area contributed by atoms with Crippen molar-refractivity contribution in [3.8, 4) is 0 Å². The van der Waals surface area contributed by atoms with Gasteiger partial charge in [0.2, 0.25) is 0 Å². The maximum Gasteiger partial charge on any atom is 0.0190 e. The van der Waals surface area contributed by atoms with E-state index < -0.39 is 0 Å². The summed E-state index contributed by atoms with van der Waals surface area (Å²) in [7, 11) is 0. The molecule has 1 aliphatic rings. The van der Waals surface area contributed by atoms with Crippen molar-refractivity contribution in [2.45, 2.75) is 19.8 Å². The second kappa shape index (κ2) is 4.63. The van der Waals surface area contributed by atoms with Crippen LogP contribution < -0.4 is 5.73 Å². The van der Waals surface area contributed by atoms with Gasteiger partial charge in [0.25, 0.3) is 0 Å². The molecule has 1 fully saturated rings. The van der Waals surface area contributed by atoms with Crippen molar-refractivity contribution in [1.82, 2.24) is 4.90 Å². The minimum absolute atomic E-state index is 0.731. The van der Waals surface area contributed by atoms with Gasteiger partial charge in [-0.2, -0.15) is 0 Å². The highest BCUT2D eigenvalue weighted by Gasteiger charge is 2.20. The Bertz CT molecular complexity index is 154. The molecule has 0 aromatic heterocycles. The third kappa shape index (κ3) is 2.61. The fraction of sp³-hybridized carbons (Fsp3) is 0.800. The van der Waals surface area contributed by atoms with Crippen molar-refractivity contribution in [2.24, 2.45) is 11.7 Å². The summed E-state index contributed by atoms with van der Waals surface area (Å²) >= 11 is 0. The summed E-state index contributed by atoms with van der Waals surface area (Å²) in [5.41, 5.74) is 6.95. The molecule has 1 heterocycles. The first kappa shape index (κ1) is 9.75. The number of nitrogens with two attached hydrogens (primary N) is 1. The standard InChI is InChI=1S/C10H20N2/c1-3-9(2)7-12-5-4-10(6-11)8-12/h10H,2-8,11H2,1H3. The Morgan fingerprint density at radius 3 is 2.92 bits per heavy atom. The Balaban J connectivity index is 2.23. The van der Waals surface area contributed by atoms with Gasteiger partial charge in [0.15, 0.2) is 0 Å². The highest BCUT2D eigenvalue weighted by atomic mass is 15.1. The molecule has 0 spiro atoms. The van der Waals surface area contributed by atoms with Crippen LogP contribution in [0.25, 0.3) is 0 Å². The lowest BCUT2D eigenvalue weighted by atomic mass is 10.1. The SMILES string of the molecule is C=C(CC)CN1CCC(CN)C1. The molecule has 2 N–H and O–H groups in total. The largest absolute Gasteiger partial charge is 0.330 e. The fourth-order valence-corrected chi connectivity index (χ4v) is 1.68. The van der Waals surface area contributed by atoms with Gasteiger partial charge in [-0.15, -0.1) is 0 Å². The van der Waals surface area contributed by atoms with Crippen LogP contribution in [0.2, 0.25) is 0 Å². The van der Waals surface area contributed by atoms with E-state index in [-0.39, 0.29) is 0 Å². The fourth-order valence-electron chi connectivity index (χ4n) is 1.68. The minimum atomic E-state index is 0.731. The van der Waals surface area contributed by atoms with Gasteiger partial charge in [0.05, 0.1) is 0 Å². The van der Waals surface area contributed by atoms with E-state index in [0.717, 1.165) is 25.4 Å². The summed E-state index contributed by atoms with van der Waals surface area (Å²) in [5, 5.41) is 0. The van der Waals surface area contributed by atoms with E-state index in [2.05, 4.69) is 18.4 Å². The van der Waals surface area contributed by atoms with Crippen LogP contribution in [0.3, 0.4) is 0 Å². The van der Waals surface area contributed by atoms with Gasteiger partial charge in [-0.3, -0.25) is 4.90 Å². The molecular weight excluding hydrogens is 148 g/mol. The monoisotopic (exact) mass is 168 g/mol. The summed E-state index contributed by atoms with van der Waals surface area (Å²) < 4.78 is 0. The number of rotatable bonds is 4. The summed E-state index contributed by atoms with van der Waals surface area (Å²) in [6.07, 6.45) is 2.37. The lowest BCUT2D eigenvalue weighted by Gasteiger charge is -2.16. The van der Waals surface area contributed by atoms with Gasteiger partial charge in [0.1, 0.15) is 0 Å². The van der Waals surface area contributed by atoms with Gasteiger partial charge in [-0.1, -0.05) is 19.1 Å². The third-order valence-corrected chi connectivity index (χ3v) is 2.65. The maximum atomic E-state index is 5.61. The van der Waals surface area contributed by atoms with Crippen LogP contribution in [0.5, 0.6) is 0 Å². The topological polar surface area (TPSA) is 29.3 Å². The molecule has 0 aromatic rings. The first-order chi connectivity index (χ1) is 5.76. The summed E-state index contributed by atoms with van der Waals surface area (Å²) in [6.45, 7) is 10.5. The van der Waals surface area contributed by atoms with Crippen molar-refractivity contribution in [1.29, 1.82) is 0 Å². The van der Waals surface area contributed by atoms with Crippen LogP contribution in [0.1, 0.15) is 19.8 Å². The average molecular weight is 168 g/mol. The van der Waals surface area contributed by atoms with E-state index in [1.165, 1.54) is 25.1 Å². The van der Waals surface area contributed by atoms with Crippen molar-refractivity contribution in [3.63, 3.8) is 0 Å². The van der Waals surface area contributed by atoms with Crippen LogP contribution in [-0.4, -0.2) is 31.1 Å². The first-order valence-corrected chi connectivity index (χ1v) is 4.85. The first-order valence-electron chi connectivity index (χ1n) is 4.85. The van der Waals surface area contributed by atoms with Crippen molar-refractivity contribution >= 4 is 0 Å². The molecule has 0 aliphatic carbocycles. The Kier molecular flexibility index (Phi) is 3.76. The summed E-state index contributed by atoms with van der Waals surface area (Å²) in [5.74, 6) is 0.731. The number of likely N-dealkylation sites (tertiary alicyclic amines) is 1. The quantitative estimate of drug-likeness (QED) is 0.640. The molecule has 1 rings (SSSR count). The minimum Gasteiger partial charge on any atom is -0.330 e. The predicted molar refractivity (Wildman–Crippen MR) is 53.0 cm³/mol. The molecule has 70 valence electrons. The molecule has 0 saturated carbocycles. The molecular formula is C10H20N2. The van der Waals surface area contributed by atoms with E-state index in [1.54, 1.807) is 0 Å². The van der Waals surface area contributed by atoms with E-state index in [9.17, 15) is 0 Å². The van der Waals surface area contributed by atoms with Gasteiger partial charge in [-0.05, 0) is 31.8 Å². The summed E-state index contributed by atoms with van der Waals surface area (Å²) in [4.78, 5) is 2.46. The second-order valence-electron chi connectivity index (χ2n) is 3.73. The molecule has 2 heteroatoms. The molecule has 1 atom stereocenters. The van der Waals surface area contributed by atoms with Crippen LogP contribution in [-0.2, 0) is 0 Å². The molecule has 12 heavy (non-hydrogen) atoms. The van der Waals surface area contributed by atoms with E-state index >= 15 is 0 Å². The van der Waals surface area contributed by atoms with Gasteiger partial charge < -0.3 is 5.73 Å². The normalized spacial score (nSPS) is 24.7. The Labute approximate surface area is 75.4 Å². The molecule has 0 amide bonds. The molecule has 1 saturated heterocycles. The Morgan fingerprint density at radius 2 is 2.42 bits per heavy atom. The van der Waals surface area contributed by atoms with Crippen molar-refractivity contribution in [3.05, 3.63) is 12.2 Å². The average Bonchev–Trinajstić information content (AvgIpc) is 2.52. The van der Waals surface area contributed by atoms with Gasteiger partial charge in [-0.25, -0.2) is 0 Å². The smallest absolute Gasteiger partial charge is 0.0190 e. The van der Waals surface area contributed by atoms with Crippen molar-refractivity contribution in [2.75, 3.05) is 26.2 Å². The zero-order valence-electron chi connectivity index (χ0n) is 8.05. The van der Waals surface area contributed by atoms with Crippen LogP contribution in [0.15, 0.2) is 12.2 Å². The lowest BCUT2D eigenvalue weighted by Crippen LogP contribution is -2.24. The van der Waals surface area contributed by atoms with Crippen LogP contribution in [0, 0.1) is 5.92 Å². The maximum absolute atomic E-state index is 5.61. The third-order valence-electron chi connectivity index (χ3n) is 2.65. The van der Waals surface area contributed by atoms with Gasteiger partial charge in [0, 0.05) is 13.1 Å². The molecule has 0 bridgehead atoms. The molecule has 1 unspecified atom stereocenters. The molecule has 0 aromatic carbocycles. The summed E-state index contributed by atoms with van der Waals surface area (Å²) in [6, 6.07) is 0. The Morgan fingerprint density at radius 1 is 1.67 bits per heavy atom. The number of hydrogen-bond acceptors (Lipinski definition) is 2. The highest BCUT2D eigenvalue weighted by Crippen LogP contribution is 2.16. The molecule has 2 nitrogen and oxygen atoms in total. The molecule has 1 aliphatic heterocycles. The zero-order valence-corrected chi connectivity index (χ0v) is 8.05. The number of hydrogen-bond donors (Lipinski definition) is 1. The van der Waals surface area contributed by atoms with Gasteiger partial charge >= 0.3 is 0 Å². The predicted octanol–water partition coefficient (Wildman–Crippen LogP) is 1.23. The number of nitrogens with zero attached hydrogens (tertiary/aromatic N) is 1.